The van der Waals surface area contributed by atoms with Gasteiger partial charge in [-0.15, -0.1) is 0 Å². The molecule has 3 N–H and O–H groups in total. The quantitative estimate of drug-likeness (QED) is 0.336. The van der Waals surface area contributed by atoms with Crippen molar-refractivity contribution in [2.75, 3.05) is 11.5 Å². The van der Waals surface area contributed by atoms with E-state index in [0.717, 1.165) is 18.6 Å². The highest BCUT2D eigenvalue weighted by molar-refractivity contribution is 7.99. The smallest absolute Gasteiger partial charge is 0.309 e. The van der Waals surface area contributed by atoms with Gasteiger partial charge in [-0.1, -0.05) is 64.7 Å². The van der Waals surface area contributed by atoms with E-state index in [1.807, 2.05) is 0 Å². The van der Waals surface area contributed by atoms with E-state index in [1.54, 1.807) is 0 Å². The number of aliphatic carboxylic acids is 2. The van der Waals surface area contributed by atoms with E-state index in [-0.39, 0.29) is 5.75 Å². The molecule has 142 valence electrons. The molecule has 0 aromatic carbocycles. The minimum atomic E-state index is -1.25. The number of rotatable bonds is 17. The lowest BCUT2D eigenvalue weighted by Crippen LogP contribution is -2.32. The zero-order valence-electron chi connectivity index (χ0n) is 14.9. The topological polar surface area (TPSA) is 94.8 Å². The van der Waals surface area contributed by atoms with Gasteiger partial charge in [-0.05, 0) is 12.2 Å². The number of aliphatic hydroxyl groups excluding tert-OH is 1. The minimum Gasteiger partial charge on any atom is -0.481 e. The summed E-state index contributed by atoms with van der Waals surface area (Å²) in [5.41, 5.74) is 0. The fourth-order valence-corrected chi connectivity index (χ4v) is 3.64. The number of thioether (sulfide) groups is 1. The third-order valence-electron chi connectivity index (χ3n) is 4.11. The molecule has 0 amide bonds. The summed E-state index contributed by atoms with van der Waals surface area (Å²) in [7, 11) is 0. The zero-order valence-corrected chi connectivity index (χ0v) is 15.7. The van der Waals surface area contributed by atoms with Gasteiger partial charge in [-0.25, -0.2) is 0 Å². The van der Waals surface area contributed by atoms with Gasteiger partial charge in [0.05, 0.1) is 18.4 Å². The number of hydrogen-bond donors (Lipinski definition) is 3. The van der Waals surface area contributed by atoms with Crippen molar-refractivity contribution in [2.45, 2.75) is 83.7 Å². The van der Waals surface area contributed by atoms with Crippen molar-refractivity contribution in [3.05, 3.63) is 0 Å². The van der Waals surface area contributed by atoms with Crippen molar-refractivity contribution < 1.29 is 24.9 Å². The van der Waals surface area contributed by atoms with E-state index >= 15 is 0 Å². The van der Waals surface area contributed by atoms with Crippen molar-refractivity contribution in [3.8, 4) is 0 Å². The Balaban J connectivity index is 3.51. The van der Waals surface area contributed by atoms with Gasteiger partial charge in [0, 0.05) is 5.75 Å². The van der Waals surface area contributed by atoms with Crippen LogP contribution >= 0.6 is 11.8 Å². The molecule has 0 fully saturated rings. The molecule has 2 atom stereocenters. The van der Waals surface area contributed by atoms with Crippen LogP contribution in [0.3, 0.4) is 0 Å². The molecule has 5 nitrogen and oxygen atoms in total. The molecule has 0 saturated heterocycles. The van der Waals surface area contributed by atoms with Crippen LogP contribution in [0, 0.1) is 5.92 Å². The summed E-state index contributed by atoms with van der Waals surface area (Å²) in [6, 6.07) is 0. The Labute approximate surface area is 150 Å². The van der Waals surface area contributed by atoms with Gasteiger partial charge in [0.2, 0.25) is 0 Å². The Kier molecular flexibility index (Phi) is 15.3. The number of unbranched alkanes of at least 4 members (excludes halogenated alkanes) is 9. The first-order valence-electron chi connectivity index (χ1n) is 9.19. The van der Waals surface area contributed by atoms with Crippen molar-refractivity contribution in [1.82, 2.24) is 0 Å². The van der Waals surface area contributed by atoms with Crippen molar-refractivity contribution in [2.24, 2.45) is 5.92 Å². The highest BCUT2D eigenvalue weighted by Crippen LogP contribution is 2.17. The van der Waals surface area contributed by atoms with Gasteiger partial charge < -0.3 is 15.3 Å². The Morgan fingerprint density at radius 1 is 0.875 bits per heavy atom. The third kappa shape index (κ3) is 13.7. The lowest BCUT2D eigenvalue weighted by atomic mass is 10.0. The molecule has 0 rings (SSSR count). The van der Waals surface area contributed by atoms with Gasteiger partial charge in [-0.3, -0.25) is 9.59 Å². The molecule has 0 radical (unpaired) electrons. The molecule has 0 saturated carbocycles. The summed E-state index contributed by atoms with van der Waals surface area (Å²) in [5.74, 6) is -2.50. The maximum absolute atomic E-state index is 11.0. The Morgan fingerprint density at radius 2 is 1.38 bits per heavy atom. The van der Waals surface area contributed by atoms with E-state index < -0.39 is 30.4 Å². The van der Waals surface area contributed by atoms with Gasteiger partial charge in [0.1, 0.15) is 0 Å². The van der Waals surface area contributed by atoms with Crippen LogP contribution in [0.15, 0.2) is 0 Å². The molecule has 0 heterocycles. The van der Waals surface area contributed by atoms with E-state index in [0.29, 0.717) is 0 Å². The van der Waals surface area contributed by atoms with E-state index in [4.69, 9.17) is 10.2 Å². The van der Waals surface area contributed by atoms with Crippen LogP contribution in [0.4, 0.5) is 0 Å². The van der Waals surface area contributed by atoms with Crippen LogP contribution in [-0.4, -0.2) is 44.9 Å². The second-order valence-electron chi connectivity index (χ2n) is 6.37. The van der Waals surface area contributed by atoms with Crippen LogP contribution in [0.25, 0.3) is 0 Å². The summed E-state index contributed by atoms with van der Waals surface area (Å²) >= 11 is 1.51. The standard InChI is InChI=1S/C18H34O5S/c1-2-3-4-5-6-7-8-9-10-11-12-24-14-16(19)15(18(22)23)13-17(20)21/h15-16,19H,2-14H2,1H3,(H,20,21)(H,22,23). The average molecular weight is 363 g/mol. The normalized spacial score (nSPS) is 13.6. The fraction of sp³-hybridized carbons (Fsp3) is 0.889. The molecule has 2 unspecified atom stereocenters. The molecule has 0 aromatic heterocycles. The zero-order chi connectivity index (χ0) is 18.2. The first kappa shape index (κ1) is 23.2. The van der Waals surface area contributed by atoms with Gasteiger partial charge in [0.25, 0.3) is 0 Å². The van der Waals surface area contributed by atoms with Crippen molar-refractivity contribution in [3.63, 3.8) is 0 Å². The van der Waals surface area contributed by atoms with Crippen LogP contribution < -0.4 is 0 Å². The van der Waals surface area contributed by atoms with Crippen LogP contribution in [0.2, 0.25) is 0 Å². The summed E-state index contributed by atoms with van der Waals surface area (Å²) in [6.45, 7) is 2.23. The molecule has 0 bridgehead atoms. The molecule has 0 spiro atoms. The maximum Gasteiger partial charge on any atom is 0.309 e. The predicted octanol–water partition coefficient (Wildman–Crippen LogP) is 4.18. The molecular formula is C18H34O5S. The summed E-state index contributed by atoms with van der Waals surface area (Å²) < 4.78 is 0. The van der Waals surface area contributed by atoms with Gasteiger partial charge >= 0.3 is 11.9 Å². The molecule has 0 aromatic rings. The molecule has 0 aliphatic heterocycles. The Morgan fingerprint density at radius 3 is 1.83 bits per heavy atom. The number of hydrogen-bond acceptors (Lipinski definition) is 4. The number of aliphatic hydroxyl groups is 1. The minimum absolute atomic E-state index is 0.279. The van der Waals surface area contributed by atoms with Crippen LogP contribution in [0.5, 0.6) is 0 Å². The third-order valence-corrected chi connectivity index (χ3v) is 5.26. The molecule has 0 aliphatic rings. The highest BCUT2D eigenvalue weighted by atomic mass is 32.2. The summed E-state index contributed by atoms with van der Waals surface area (Å²) in [5, 5.41) is 27.4. The lowest BCUT2D eigenvalue weighted by Gasteiger charge is -2.17. The summed E-state index contributed by atoms with van der Waals surface area (Å²) in [6.07, 6.45) is 11.1. The van der Waals surface area contributed by atoms with E-state index in [9.17, 15) is 14.7 Å². The molecule has 24 heavy (non-hydrogen) atoms. The van der Waals surface area contributed by atoms with Gasteiger partial charge in [-0.2, -0.15) is 11.8 Å². The van der Waals surface area contributed by atoms with Crippen LogP contribution in [0.1, 0.15) is 77.6 Å². The first-order valence-corrected chi connectivity index (χ1v) is 10.3. The number of carboxylic acid groups (broad SMARTS) is 2. The molecule has 6 heteroatoms. The van der Waals surface area contributed by atoms with Gasteiger partial charge in [0.15, 0.2) is 0 Å². The first-order chi connectivity index (χ1) is 11.5. The number of carbonyl (C=O) groups is 2. The molecule has 0 aliphatic carbocycles. The van der Waals surface area contributed by atoms with E-state index in [1.165, 1.54) is 63.1 Å². The second-order valence-corrected chi connectivity index (χ2v) is 7.52. The average Bonchev–Trinajstić information content (AvgIpc) is 2.53. The van der Waals surface area contributed by atoms with Crippen LogP contribution in [-0.2, 0) is 9.59 Å². The lowest BCUT2D eigenvalue weighted by molar-refractivity contribution is -0.151. The monoisotopic (exact) mass is 362 g/mol. The molecular weight excluding hydrogens is 328 g/mol. The van der Waals surface area contributed by atoms with E-state index in [2.05, 4.69) is 6.92 Å². The highest BCUT2D eigenvalue weighted by Gasteiger charge is 2.28. The second kappa shape index (κ2) is 15.8. The Hall–Kier alpha value is -0.750. The maximum atomic E-state index is 11.0. The fourth-order valence-electron chi connectivity index (χ4n) is 2.59. The number of carboxylic acids is 2. The Bertz CT molecular complexity index is 335. The SMILES string of the molecule is CCCCCCCCCCCCSCC(O)C(CC(=O)O)C(=O)O. The predicted molar refractivity (Wildman–Crippen MR) is 98.6 cm³/mol. The van der Waals surface area contributed by atoms with Crippen molar-refractivity contribution >= 4 is 23.7 Å². The summed E-state index contributed by atoms with van der Waals surface area (Å²) in [4.78, 5) is 21.6. The van der Waals surface area contributed by atoms with Crippen molar-refractivity contribution in [1.29, 1.82) is 0 Å². The largest absolute Gasteiger partial charge is 0.481 e.